The quantitative estimate of drug-likeness (QED) is 0.366. The van der Waals surface area contributed by atoms with Gasteiger partial charge in [0, 0.05) is 25.7 Å². The molecule has 2 aliphatic heterocycles. The van der Waals surface area contributed by atoms with Crippen LogP contribution >= 0.6 is 11.6 Å². The number of aryl methyl sites for hydroxylation is 1. The summed E-state index contributed by atoms with van der Waals surface area (Å²) in [6.45, 7) is 3.81. The van der Waals surface area contributed by atoms with Crippen LogP contribution in [0.4, 0.5) is 11.6 Å². The van der Waals surface area contributed by atoms with E-state index in [1.54, 1.807) is 4.90 Å². The molecule has 0 saturated carbocycles. The summed E-state index contributed by atoms with van der Waals surface area (Å²) in [5, 5.41) is 12.5. The number of piperidine rings is 2. The second kappa shape index (κ2) is 13.1. The van der Waals surface area contributed by atoms with Crippen molar-refractivity contribution in [2.75, 3.05) is 50.8 Å². The standard InChI is InChI=1S/C26H36ClN7O4/c27-23-25(29)32-24(28)22(31-23)26(37)30-18-4-2-12-33(15-18)11-1-3-17-5-7-20(8-6-17)38-16-21(36)34-13-9-19(35)10-14-34/h5-8,18-19,35H,1-4,9-16H2,(H,30,37)(H4,28,29,32)/t18-/m0/s1. The van der Waals surface area contributed by atoms with Crippen LogP contribution in [0.2, 0.25) is 5.15 Å². The summed E-state index contributed by atoms with van der Waals surface area (Å²) in [4.78, 5) is 36.9. The smallest absolute Gasteiger partial charge is 0.274 e. The number of aliphatic hydroxyl groups excluding tert-OH is 1. The van der Waals surface area contributed by atoms with Crippen molar-refractivity contribution in [2.45, 2.75) is 50.7 Å². The van der Waals surface area contributed by atoms with Gasteiger partial charge < -0.3 is 36.4 Å². The second-order valence-corrected chi connectivity index (χ2v) is 10.3. The predicted octanol–water partition coefficient (Wildman–Crippen LogP) is 1.48. The molecular weight excluding hydrogens is 510 g/mol. The second-order valence-electron chi connectivity index (χ2n) is 9.89. The Hall–Kier alpha value is -3.15. The first-order valence-electron chi connectivity index (χ1n) is 13.1. The van der Waals surface area contributed by atoms with Crippen LogP contribution in [0.5, 0.6) is 5.75 Å². The Balaban J connectivity index is 1.17. The van der Waals surface area contributed by atoms with Crippen molar-refractivity contribution in [3.8, 4) is 5.75 Å². The highest BCUT2D eigenvalue weighted by Crippen LogP contribution is 2.19. The van der Waals surface area contributed by atoms with Gasteiger partial charge >= 0.3 is 0 Å². The molecule has 1 atom stereocenters. The van der Waals surface area contributed by atoms with Crippen LogP contribution in [0.25, 0.3) is 0 Å². The number of benzene rings is 1. The summed E-state index contributed by atoms with van der Waals surface area (Å²) in [6.07, 6.45) is 4.69. The Labute approximate surface area is 227 Å². The zero-order chi connectivity index (χ0) is 27.1. The van der Waals surface area contributed by atoms with E-state index < -0.39 is 5.91 Å². The lowest BCUT2D eigenvalue weighted by atomic mass is 10.0. The van der Waals surface area contributed by atoms with Gasteiger partial charge in [0.1, 0.15) is 5.75 Å². The van der Waals surface area contributed by atoms with Gasteiger partial charge in [0.2, 0.25) is 0 Å². The maximum absolute atomic E-state index is 12.7. The Morgan fingerprint density at radius 1 is 1.08 bits per heavy atom. The average Bonchev–Trinajstić information content (AvgIpc) is 2.90. The fraction of sp³-hybridized carbons (Fsp3) is 0.538. The lowest BCUT2D eigenvalue weighted by Gasteiger charge is -2.33. The third kappa shape index (κ3) is 7.68. The number of anilines is 2. The van der Waals surface area contributed by atoms with E-state index in [0.717, 1.165) is 45.3 Å². The van der Waals surface area contributed by atoms with E-state index in [1.807, 2.05) is 24.3 Å². The van der Waals surface area contributed by atoms with E-state index in [1.165, 1.54) is 5.56 Å². The number of carbonyl (C=O) groups excluding carboxylic acids is 2. The predicted molar refractivity (Wildman–Crippen MR) is 145 cm³/mol. The fourth-order valence-corrected chi connectivity index (χ4v) is 4.98. The number of amides is 2. The van der Waals surface area contributed by atoms with Crippen LogP contribution in [0.1, 0.15) is 48.2 Å². The molecule has 206 valence electrons. The van der Waals surface area contributed by atoms with Crippen LogP contribution in [-0.4, -0.2) is 88.2 Å². The van der Waals surface area contributed by atoms with E-state index in [4.69, 9.17) is 27.8 Å². The van der Waals surface area contributed by atoms with Crippen LogP contribution in [0, 0.1) is 0 Å². The molecule has 11 nitrogen and oxygen atoms in total. The number of nitrogens with zero attached hydrogens (tertiary/aromatic N) is 4. The lowest BCUT2D eigenvalue weighted by molar-refractivity contribution is -0.135. The van der Waals surface area contributed by atoms with Crippen molar-refractivity contribution in [3.63, 3.8) is 0 Å². The molecule has 3 heterocycles. The molecule has 2 fully saturated rings. The van der Waals surface area contributed by atoms with E-state index >= 15 is 0 Å². The van der Waals surface area contributed by atoms with Crippen LogP contribution in [-0.2, 0) is 11.2 Å². The largest absolute Gasteiger partial charge is 0.484 e. The molecule has 38 heavy (non-hydrogen) atoms. The minimum atomic E-state index is -0.400. The van der Waals surface area contributed by atoms with Gasteiger partial charge in [0.25, 0.3) is 11.8 Å². The number of ether oxygens (including phenoxy) is 1. The molecule has 0 unspecified atom stereocenters. The van der Waals surface area contributed by atoms with Gasteiger partial charge in [-0.05, 0) is 69.3 Å². The van der Waals surface area contributed by atoms with Crippen molar-refractivity contribution < 1.29 is 19.4 Å². The number of hydrogen-bond acceptors (Lipinski definition) is 9. The SMILES string of the molecule is Nc1nc(N)c(C(=O)N[C@H]2CCCN(CCCc3ccc(OCC(=O)N4CCC(O)CC4)cc3)C2)nc1Cl. The molecule has 1 aromatic heterocycles. The Bertz CT molecular complexity index is 1110. The number of nitrogens with two attached hydrogens (primary N) is 2. The van der Waals surface area contributed by atoms with E-state index in [2.05, 4.69) is 20.2 Å². The topological polar surface area (TPSA) is 160 Å². The molecule has 0 aliphatic carbocycles. The van der Waals surface area contributed by atoms with E-state index in [0.29, 0.717) is 31.7 Å². The molecule has 0 spiro atoms. The van der Waals surface area contributed by atoms with Gasteiger partial charge in [-0.15, -0.1) is 0 Å². The highest BCUT2D eigenvalue weighted by Gasteiger charge is 2.24. The number of aromatic nitrogens is 2. The van der Waals surface area contributed by atoms with E-state index in [9.17, 15) is 14.7 Å². The number of carbonyl (C=O) groups is 2. The first-order chi connectivity index (χ1) is 18.3. The lowest BCUT2D eigenvalue weighted by Crippen LogP contribution is -2.48. The normalized spacial score (nSPS) is 18.8. The maximum atomic E-state index is 12.7. The molecule has 2 aliphatic rings. The molecular formula is C26H36ClN7O4. The van der Waals surface area contributed by atoms with Crippen molar-refractivity contribution in [1.82, 2.24) is 25.1 Å². The van der Waals surface area contributed by atoms with Crippen LogP contribution in [0.3, 0.4) is 0 Å². The van der Waals surface area contributed by atoms with Crippen molar-refractivity contribution in [3.05, 3.63) is 40.7 Å². The zero-order valence-electron chi connectivity index (χ0n) is 21.4. The minimum Gasteiger partial charge on any atom is -0.484 e. The summed E-state index contributed by atoms with van der Waals surface area (Å²) in [5.41, 5.74) is 12.6. The number of halogens is 1. The van der Waals surface area contributed by atoms with Crippen molar-refractivity contribution in [1.29, 1.82) is 0 Å². The molecule has 2 amide bonds. The monoisotopic (exact) mass is 545 g/mol. The first-order valence-corrected chi connectivity index (χ1v) is 13.5. The third-order valence-corrected chi connectivity index (χ3v) is 7.28. The van der Waals surface area contributed by atoms with Crippen LogP contribution < -0.4 is 21.5 Å². The number of hydrogen-bond donors (Lipinski definition) is 4. The molecule has 6 N–H and O–H groups in total. The summed E-state index contributed by atoms with van der Waals surface area (Å²) >= 11 is 5.90. The van der Waals surface area contributed by atoms with Gasteiger partial charge in [-0.25, -0.2) is 9.97 Å². The Morgan fingerprint density at radius 2 is 1.82 bits per heavy atom. The number of rotatable bonds is 9. The highest BCUT2D eigenvalue weighted by molar-refractivity contribution is 6.31. The van der Waals surface area contributed by atoms with Gasteiger partial charge in [0.15, 0.2) is 29.1 Å². The summed E-state index contributed by atoms with van der Waals surface area (Å²) < 4.78 is 5.67. The summed E-state index contributed by atoms with van der Waals surface area (Å²) in [6, 6.07) is 7.84. The van der Waals surface area contributed by atoms with Crippen molar-refractivity contribution in [2.24, 2.45) is 0 Å². The molecule has 2 saturated heterocycles. The first kappa shape index (κ1) is 27.9. The molecule has 4 rings (SSSR count). The van der Waals surface area contributed by atoms with Crippen molar-refractivity contribution >= 4 is 35.1 Å². The number of likely N-dealkylation sites (tertiary alicyclic amines) is 2. The van der Waals surface area contributed by atoms with Crippen LogP contribution in [0.15, 0.2) is 24.3 Å². The fourth-order valence-electron chi connectivity index (χ4n) is 4.85. The number of nitrogen functional groups attached to an aromatic ring is 2. The highest BCUT2D eigenvalue weighted by atomic mass is 35.5. The molecule has 0 radical (unpaired) electrons. The Morgan fingerprint density at radius 3 is 2.55 bits per heavy atom. The number of aliphatic hydroxyl groups is 1. The molecule has 2 aromatic rings. The molecule has 1 aromatic carbocycles. The minimum absolute atomic E-state index is 0.00287. The van der Waals surface area contributed by atoms with Gasteiger partial charge in [-0.3, -0.25) is 9.59 Å². The number of nitrogens with one attached hydrogen (secondary N) is 1. The summed E-state index contributed by atoms with van der Waals surface area (Å²) in [7, 11) is 0. The van der Waals surface area contributed by atoms with Gasteiger partial charge in [0.05, 0.1) is 6.10 Å². The average molecular weight is 546 g/mol. The van der Waals surface area contributed by atoms with E-state index in [-0.39, 0.29) is 47.1 Å². The third-order valence-electron chi connectivity index (χ3n) is 7.00. The molecule has 0 bridgehead atoms. The summed E-state index contributed by atoms with van der Waals surface area (Å²) in [5.74, 6) is 0.175. The molecule has 12 heteroatoms. The van der Waals surface area contributed by atoms with Gasteiger partial charge in [-0.1, -0.05) is 23.7 Å². The maximum Gasteiger partial charge on any atom is 0.274 e. The Kier molecular flexibility index (Phi) is 9.59. The van der Waals surface area contributed by atoms with Gasteiger partial charge in [-0.2, -0.15) is 0 Å². The zero-order valence-corrected chi connectivity index (χ0v) is 22.2.